The summed E-state index contributed by atoms with van der Waals surface area (Å²) in [6.45, 7) is 1.69. The molecule has 1 aliphatic heterocycles. The van der Waals surface area contributed by atoms with E-state index in [4.69, 9.17) is 20.5 Å². The second kappa shape index (κ2) is 9.96. The zero-order valence-electron chi connectivity index (χ0n) is 20.6. The highest BCUT2D eigenvalue weighted by Gasteiger charge is 2.35. The van der Waals surface area contributed by atoms with E-state index < -0.39 is 7.67 Å². The van der Waals surface area contributed by atoms with E-state index in [1.54, 1.807) is 46.4 Å². The molecule has 1 N–H and O–H groups in total. The number of rotatable bonds is 6. The molecule has 0 saturated carbocycles. The van der Waals surface area contributed by atoms with Crippen molar-refractivity contribution in [2.75, 3.05) is 48.3 Å². The van der Waals surface area contributed by atoms with E-state index in [0.717, 1.165) is 25.9 Å². The zero-order chi connectivity index (χ0) is 25.5. The van der Waals surface area contributed by atoms with Crippen molar-refractivity contribution in [3.8, 4) is 22.8 Å². The molecular formula is C25H31ClN3O5P. The van der Waals surface area contributed by atoms with Gasteiger partial charge in [-0.1, -0.05) is 23.7 Å². The quantitative estimate of drug-likeness (QED) is 0.443. The third-order valence-electron chi connectivity index (χ3n) is 6.48. The first-order valence-corrected chi connectivity index (χ1v) is 13.4. The van der Waals surface area contributed by atoms with Gasteiger partial charge in [-0.25, -0.2) is 13.9 Å². The van der Waals surface area contributed by atoms with Gasteiger partial charge in [-0.2, -0.15) is 0 Å². The van der Waals surface area contributed by atoms with E-state index in [-0.39, 0.29) is 33.8 Å². The molecule has 3 aromatic rings. The Balaban J connectivity index is 2.02. The summed E-state index contributed by atoms with van der Waals surface area (Å²) in [5, 5.41) is 11.4. The second-order valence-electron chi connectivity index (χ2n) is 9.32. The van der Waals surface area contributed by atoms with Crippen molar-refractivity contribution in [3.63, 3.8) is 0 Å². The van der Waals surface area contributed by atoms with Gasteiger partial charge in [0.1, 0.15) is 28.2 Å². The Hall–Kier alpha value is -2.35. The van der Waals surface area contributed by atoms with Crippen LogP contribution in [0.4, 0.5) is 0 Å². The predicted molar refractivity (Wildman–Crippen MR) is 140 cm³/mol. The van der Waals surface area contributed by atoms with Gasteiger partial charge in [0.2, 0.25) is 0 Å². The minimum Gasteiger partial charge on any atom is -0.507 e. The third kappa shape index (κ3) is 4.86. The molecule has 0 atom stereocenters. The number of hydrogen-bond acceptors (Lipinski definition) is 6. The van der Waals surface area contributed by atoms with Crippen LogP contribution < -0.4 is 9.95 Å². The minimum atomic E-state index is -3.46. The molecule has 1 aliphatic rings. The Kier molecular flexibility index (Phi) is 7.32. The highest BCUT2D eigenvalue weighted by molar-refractivity contribution is 7.54. The summed E-state index contributed by atoms with van der Waals surface area (Å²) in [4.78, 5) is 15.5. The summed E-state index contributed by atoms with van der Waals surface area (Å²) in [7, 11) is 5.29. The minimum absolute atomic E-state index is 0.0216. The predicted octanol–water partition coefficient (Wildman–Crippen LogP) is 5.24. The van der Waals surface area contributed by atoms with Crippen LogP contribution in [0.25, 0.3) is 22.3 Å². The molecule has 0 aliphatic carbocycles. The highest BCUT2D eigenvalue weighted by Crippen LogP contribution is 2.54. The summed E-state index contributed by atoms with van der Waals surface area (Å²) in [6.07, 6.45) is 1.59. The number of phenolic OH excluding ortho intramolecular Hbond substituents is 1. The number of likely N-dealkylation sites (tertiary alicyclic amines) is 1. The van der Waals surface area contributed by atoms with Gasteiger partial charge in [0, 0.05) is 23.3 Å². The highest BCUT2D eigenvalue weighted by atomic mass is 35.5. The van der Waals surface area contributed by atoms with Gasteiger partial charge in [0.15, 0.2) is 5.43 Å². The van der Waals surface area contributed by atoms with E-state index >= 15 is 0 Å². The molecule has 2 heterocycles. The van der Waals surface area contributed by atoms with Gasteiger partial charge in [0.05, 0.1) is 5.02 Å². The Labute approximate surface area is 210 Å². The number of aromatic hydroxyl groups is 1. The van der Waals surface area contributed by atoms with Gasteiger partial charge in [0.25, 0.3) is 0 Å². The molecule has 1 aromatic heterocycles. The average Bonchev–Trinajstić information content (AvgIpc) is 2.79. The molecule has 1 fully saturated rings. The summed E-state index contributed by atoms with van der Waals surface area (Å²) >= 11 is 6.40. The Morgan fingerprint density at radius 3 is 2.34 bits per heavy atom. The lowest BCUT2D eigenvalue weighted by Gasteiger charge is -2.33. The summed E-state index contributed by atoms with van der Waals surface area (Å²) in [6, 6.07) is 9.83. The Morgan fingerprint density at radius 1 is 1.11 bits per heavy atom. The van der Waals surface area contributed by atoms with Crippen molar-refractivity contribution < 1.29 is 18.6 Å². The number of halogens is 1. The number of nitrogens with zero attached hydrogens (tertiary/aromatic N) is 3. The van der Waals surface area contributed by atoms with Gasteiger partial charge in [-0.15, -0.1) is 0 Å². The van der Waals surface area contributed by atoms with Crippen LogP contribution in [0, 0.1) is 0 Å². The maximum absolute atomic E-state index is 13.7. The Bertz CT molecular complexity index is 1340. The number of phenols is 1. The van der Waals surface area contributed by atoms with Crippen LogP contribution in [0.2, 0.25) is 5.02 Å². The van der Waals surface area contributed by atoms with Crippen LogP contribution in [0.3, 0.4) is 0 Å². The first-order chi connectivity index (χ1) is 16.5. The fourth-order valence-electron chi connectivity index (χ4n) is 4.51. The fraction of sp³-hybridized carbons (Fsp3) is 0.400. The van der Waals surface area contributed by atoms with Gasteiger partial charge >= 0.3 is 7.67 Å². The fourth-order valence-corrected chi connectivity index (χ4v) is 6.19. The van der Waals surface area contributed by atoms with Crippen molar-refractivity contribution >= 4 is 30.2 Å². The molecule has 188 valence electrons. The smallest absolute Gasteiger partial charge is 0.394 e. The summed E-state index contributed by atoms with van der Waals surface area (Å²) < 4.78 is 29.3. The van der Waals surface area contributed by atoms with E-state index in [1.165, 1.54) is 21.5 Å². The molecule has 0 spiro atoms. The van der Waals surface area contributed by atoms with Crippen LogP contribution in [0.15, 0.2) is 45.6 Å². The number of hydrogen-bond donors (Lipinski definition) is 1. The standard InChI is InChI=1S/C25H31ClN3O5P/c1-27(2)35(32,28(3)4)34-22-15-20(31)24-19(30)14-21(17-8-6-7-9-18(17)26)33-25(24)23(22)16-10-12-29(5)13-11-16/h6-9,14-16,31H,10-13H2,1-5H3. The summed E-state index contributed by atoms with van der Waals surface area (Å²) in [5.74, 6) is 0.235. The molecule has 0 unspecified atom stereocenters. The second-order valence-corrected chi connectivity index (χ2v) is 12.5. The van der Waals surface area contributed by atoms with Crippen molar-refractivity contribution in [3.05, 3.63) is 57.2 Å². The largest absolute Gasteiger partial charge is 0.507 e. The first-order valence-electron chi connectivity index (χ1n) is 11.4. The maximum Gasteiger partial charge on any atom is 0.394 e. The molecule has 10 heteroatoms. The van der Waals surface area contributed by atoms with Crippen LogP contribution >= 0.6 is 19.3 Å². The molecule has 4 rings (SSSR count). The van der Waals surface area contributed by atoms with E-state index in [2.05, 4.69) is 11.9 Å². The molecule has 0 amide bonds. The van der Waals surface area contributed by atoms with Crippen molar-refractivity contribution in [2.24, 2.45) is 0 Å². The lowest BCUT2D eigenvalue weighted by atomic mass is 9.87. The maximum atomic E-state index is 13.7. The van der Waals surface area contributed by atoms with Gasteiger partial charge < -0.3 is 18.9 Å². The van der Waals surface area contributed by atoms with Crippen LogP contribution in [0.1, 0.15) is 24.3 Å². The lowest BCUT2D eigenvalue weighted by Crippen LogP contribution is -2.30. The van der Waals surface area contributed by atoms with E-state index in [1.807, 2.05) is 6.07 Å². The summed E-state index contributed by atoms with van der Waals surface area (Å²) in [5.41, 5.74) is 1.06. The van der Waals surface area contributed by atoms with Gasteiger partial charge in [-0.3, -0.25) is 4.79 Å². The van der Waals surface area contributed by atoms with Crippen LogP contribution in [-0.4, -0.2) is 67.7 Å². The normalized spacial score (nSPS) is 15.9. The molecular weight excluding hydrogens is 489 g/mol. The molecule has 0 bridgehead atoms. The monoisotopic (exact) mass is 519 g/mol. The number of piperidine rings is 1. The van der Waals surface area contributed by atoms with Crippen LogP contribution in [0.5, 0.6) is 11.5 Å². The van der Waals surface area contributed by atoms with Crippen molar-refractivity contribution in [1.29, 1.82) is 0 Å². The van der Waals surface area contributed by atoms with Crippen molar-refractivity contribution in [2.45, 2.75) is 18.8 Å². The average molecular weight is 520 g/mol. The third-order valence-corrected chi connectivity index (χ3v) is 9.26. The van der Waals surface area contributed by atoms with Gasteiger partial charge in [-0.05, 0) is 79.2 Å². The van der Waals surface area contributed by atoms with Crippen LogP contribution in [-0.2, 0) is 4.57 Å². The lowest BCUT2D eigenvalue weighted by molar-refractivity contribution is 0.253. The SMILES string of the molecule is CN1CCC(c2c(OP(=O)(N(C)C)N(C)C)cc(O)c3c(=O)cc(-c4ccccc4Cl)oc23)CC1. The van der Waals surface area contributed by atoms with Crippen molar-refractivity contribution in [1.82, 2.24) is 14.2 Å². The topological polar surface area (TPSA) is 86.5 Å². The number of benzene rings is 2. The molecule has 0 radical (unpaired) electrons. The van der Waals surface area contributed by atoms with E-state index in [9.17, 15) is 14.5 Å². The molecule has 1 saturated heterocycles. The molecule has 2 aromatic carbocycles. The molecule has 35 heavy (non-hydrogen) atoms. The zero-order valence-corrected chi connectivity index (χ0v) is 22.3. The number of fused-ring (bicyclic) bond motifs is 1. The molecule has 8 nitrogen and oxygen atoms in total. The Morgan fingerprint density at radius 2 is 1.74 bits per heavy atom. The van der Waals surface area contributed by atoms with E-state index in [0.29, 0.717) is 21.9 Å². The first kappa shape index (κ1) is 25.7.